The van der Waals surface area contributed by atoms with Crippen molar-refractivity contribution < 1.29 is 0 Å². The largest absolute Gasteiger partial charge is 0.355 e. The molecule has 6 nitrogen and oxygen atoms in total. The third-order valence-electron chi connectivity index (χ3n) is 7.50. The maximum atomic E-state index is 4.59. The Bertz CT molecular complexity index is 498. The maximum absolute atomic E-state index is 4.59. The molecule has 0 aromatic carbocycles. The molecule has 7 heteroatoms. The van der Waals surface area contributed by atoms with Crippen LogP contribution in [0.1, 0.15) is 39.5 Å². The number of likely N-dealkylation sites (N-methyl/N-ethyl adjacent to an activating group) is 2. The van der Waals surface area contributed by atoms with Crippen molar-refractivity contribution in [2.24, 2.45) is 16.8 Å². The summed E-state index contributed by atoms with van der Waals surface area (Å²) in [7, 11) is 6.40. The lowest BCUT2D eigenvalue weighted by atomic mass is 9.79. The van der Waals surface area contributed by atoms with Gasteiger partial charge in [0, 0.05) is 71.5 Å². The first-order valence-electron chi connectivity index (χ1n) is 11.6. The molecular weight excluding hydrogens is 475 g/mol. The summed E-state index contributed by atoms with van der Waals surface area (Å²) in [5.74, 6) is 2.90. The molecule has 0 aromatic rings. The van der Waals surface area contributed by atoms with E-state index in [9.17, 15) is 0 Å². The molecule has 29 heavy (non-hydrogen) atoms. The predicted octanol–water partition coefficient (Wildman–Crippen LogP) is 2.26. The molecule has 0 spiro atoms. The SMILES string of the molecule is CN=C(NCC1CN(C)CCN1C)N1CCN(C2CCC(C(C)C)CC2)CC1.I. The number of hydrogen-bond donors (Lipinski definition) is 1. The molecule has 1 saturated carbocycles. The van der Waals surface area contributed by atoms with Gasteiger partial charge < -0.3 is 15.1 Å². The van der Waals surface area contributed by atoms with Gasteiger partial charge >= 0.3 is 0 Å². The standard InChI is InChI=1S/C22H44N6.HI/c1-18(2)19-6-8-20(9-7-19)27-12-14-28(15-13-27)22(23-3)24-16-21-17-25(4)10-11-26(21)5;/h18-21H,6-17H2,1-5H3,(H,23,24);1H. The fraction of sp³-hybridized carbons (Fsp3) is 0.955. The highest BCUT2D eigenvalue weighted by Gasteiger charge is 2.30. The van der Waals surface area contributed by atoms with Crippen molar-refractivity contribution in [2.75, 3.05) is 73.5 Å². The minimum Gasteiger partial charge on any atom is -0.355 e. The second kappa shape index (κ2) is 12.1. The fourth-order valence-corrected chi connectivity index (χ4v) is 5.30. The van der Waals surface area contributed by atoms with E-state index >= 15 is 0 Å². The van der Waals surface area contributed by atoms with E-state index in [0.717, 1.165) is 56.6 Å². The van der Waals surface area contributed by atoms with E-state index in [1.165, 1.54) is 45.3 Å². The van der Waals surface area contributed by atoms with Crippen molar-refractivity contribution in [1.82, 2.24) is 24.9 Å². The molecule has 2 aliphatic heterocycles. The van der Waals surface area contributed by atoms with Crippen molar-refractivity contribution in [3.63, 3.8) is 0 Å². The van der Waals surface area contributed by atoms with E-state index in [4.69, 9.17) is 0 Å². The van der Waals surface area contributed by atoms with Crippen LogP contribution in [0.4, 0.5) is 0 Å². The molecule has 0 radical (unpaired) electrons. The molecule has 1 aliphatic carbocycles. The third kappa shape index (κ3) is 6.94. The van der Waals surface area contributed by atoms with Crippen molar-refractivity contribution in [3.8, 4) is 0 Å². The molecule has 0 bridgehead atoms. The van der Waals surface area contributed by atoms with Gasteiger partial charge in [0.15, 0.2) is 5.96 Å². The fourth-order valence-electron chi connectivity index (χ4n) is 5.30. The van der Waals surface area contributed by atoms with E-state index < -0.39 is 0 Å². The molecule has 1 unspecified atom stereocenters. The van der Waals surface area contributed by atoms with Crippen LogP contribution in [0, 0.1) is 11.8 Å². The van der Waals surface area contributed by atoms with E-state index in [1.54, 1.807) is 0 Å². The zero-order chi connectivity index (χ0) is 20.1. The smallest absolute Gasteiger partial charge is 0.193 e. The molecule has 0 aromatic heterocycles. The molecule has 3 aliphatic rings. The number of nitrogens with one attached hydrogen (secondary N) is 1. The molecule has 3 rings (SSSR count). The Morgan fingerprint density at radius 3 is 2.21 bits per heavy atom. The highest BCUT2D eigenvalue weighted by molar-refractivity contribution is 14.0. The summed E-state index contributed by atoms with van der Waals surface area (Å²) in [6.07, 6.45) is 5.65. The van der Waals surface area contributed by atoms with Crippen molar-refractivity contribution >= 4 is 29.9 Å². The Labute approximate surface area is 196 Å². The zero-order valence-corrected chi connectivity index (χ0v) is 21.8. The predicted molar refractivity (Wildman–Crippen MR) is 134 cm³/mol. The first-order valence-corrected chi connectivity index (χ1v) is 11.6. The van der Waals surface area contributed by atoms with Crippen LogP contribution < -0.4 is 5.32 Å². The van der Waals surface area contributed by atoms with Crippen molar-refractivity contribution in [3.05, 3.63) is 0 Å². The van der Waals surface area contributed by atoms with E-state index in [0.29, 0.717) is 6.04 Å². The average molecular weight is 521 g/mol. The number of halogens is 1. The van der Waals surface area contributed by atoms with Crippen LogP contribution in [0.15, 0.2) is 4.99 Å². The van der Waals surface area contributed by atoms with E-state index in [-0.39, 0.29) is 24.0 Å². The Kier molecular flexibility index (Phi) is 10.5. The first-order chi connectivity index (χ1) is 13.5. The molecule has 3 fully saturated rings. The number of rotatable bonds is 4. The van der Waals surface area contributed by atoms with Crippen molar-refractivity contribution in [2.45, 2.75) is 51.6 Å². The van der Waals surface area contributed by atoms with Gasteiger partial charge in [-0.1, -0.05) is 13.8 Å². The number of guanidine groups is 1. The Morgan fingerprint density at radius 2 is 1.62 bits per heavy atom. The number of nitrogens with zero attached hydrogens (tertiary/aromatic N) is 5. The molecule has 170 valence electrons. The van der Waals surface area contributed by atoms with E-state index in [2.05, 4.69) is 57.9 Å². The lowest BCUT2D eigenvalue weighted by molar-refractivity contribution is 0.0854. The van der Waals surface area contributed by atoms with Crippen LogP contribution in [0.3, 0.4) is 0 Å². The molecule has 2 heterocycles. The summed E-state index contributed by atoms with van der Waals surface area (Å²) in [5, 5.41) is 3.66. The van der Waals surface area contributed by atoms with E-state index in [1.807, 2.05) is 7.05 Å². The summed E-state index contributed by atoms with van der Waals surface area (Å²) in [6.45, 7) is 13.8. The Hall–Kier alpha value is -0.120. The van der Waals surface area contributed by atoms with Crippen LogP contribution in [0.5, 0.6) is 0 Å². The second-order valence-electron chi connectivity index (χ2n) is 9.66. The van der Waals surface area contributed by atoms with Gasteiger partial charge in [-0.05, 0) is 51.6 Å². The third-order valence-corrected chi connectivity index (χ3v) is 7.50. The first kappa shape index (κ1) is 25.1. The summed E-state index contributed by atoms with van der Waals surface area (Å²) in [4.78, 5) is 14.7. The van der Waals surface area contributed by atoms with Crippen molar-refractivity contribution in [1.29, 1.82) is 0 Å². The topological polar surface area (TPSA) is 37.4 Å². The minimum atomic E-state index is 0. The normalized spacial score (nSPS) is 31.0. The average Bonchev–Trinajstić information content (AvgIpc) is 2.71. The quantitative estimate of drug-likeness (QED) is 0.350. The molecule has 1 N–H and O–H groups in total. The summed E-state index contributed by atoms with van der Waals surface area (Å²) in [5.41, 5.74) is 0. The zero-order valence-electron chi connectivity index (χ0n) is 19.4. The van der Waals surface area contributed by atoms with Gasteiger partial charge in [-0.25, -0.2) is 0 Å². The molecule has 0 amide bonds. The van der Waals surface area contributed by atoms with Gasteiger partial charge in [-0.15, -0.1) is 24.0 Å². The van der Waals surface area contributed by atoms with Gasteiger partial charge in [0.2, 0.25) is 0 Å². The summed E-state index contributed by atoms with van der Waals surface area (Å²) < 4.78 is 0. The summed E-state index contributed by atoms with van der Waals surface area (Å²) in [6, 6.07) is 1.38. The highest BCUT2D eigenvalue weighted by Crippen LogP contribution is 2.32. The Balaban J connectivity index is 0.00000300. The highest BCUT2D eigenvalue weighted by atomic mass is 127. The molecular formula is C22H45IN6. The number of hydrogen-bond acceptors (Lipinski definition) is 4. The molecule has 2 saturated heterocycles. The second-order valence-corrected chi connectivity index (χ2v) is 9.66. The number of piperazine rings is 2. The van der Waals surface area contributed by atoms with Crippen LogP contribution >= 0.6 is 24.0 Å². The van der Waals surface area contributed by atoms with Gasteiger partial charge in [-0.3, -0.25) is 14.8 Å². The van der Waals surface area contributed by atoms with Crippen LogP contribution in [0.2, 0.25) is 0 Å². The van der Waals surface area contributed by atoms with Crippen LogP contribution in [0.25, 0.3) is 0 Å². The summed E-state index contributed by atoms with van der Waals surface area (Å²) >= 11 is 0. The minimum absolute atomic E-state index is 0. The van der Waals surface area contributed by atoms with Gasteiger partial charge in [0.25, 0.3) is 0 Å². The van der Waals surface area contributed by atoms with Gasteiger partial charge in [0.1, 0.15) is 0 Å². The van der Waals surface area contributed by atoms with Gasteiger partial charge in [0.05, 0.1) is 0 Å². The number of aliphatic imine (C=N–C) groups is 1. The van der Waals surface area contributed by atoms with Crippen LogP contribution in [-0.2, 0) is 0 Å². The van der Waals surface area contributed by atoms with Crippen LogP contribution in [-0.4, -0.2) is 111 Å². The molecule has 1 atom stereocenters. The monoisotopic (exact) mass is 520 g/mol. The Morgan fingerprint density at radius 1 is 0.966 bits per heavy atom. The maximum Gasteiger partial charge on any atom is 0.193 e. The lowest BCUT2D eigenvalue weighted by Crippen LogP contribution is -2.58. The lowest BCUT2D eigenvalue weighted by Gasteiger charge is -2.43. The van der Waals surface area contributed by atoms with Gasteiger partial charge in [-0.2, -0.15) is 0 Å².